The molecule has 1 heterocycles. The Morgan fingerprint density at radius 3 is 3.00 bits per heavy atom. The van der Waals surface area contributed by atoms with E-state index in [1.807, 2.05) is 6.92 Å². The van der Waals surface area contributed by atoms with Gasteiger partial charge in [0.2, 0.25) is 0 Å². The van der Waals surface area contributed by atoms with Gasteiger partial charge in [0.25, 0.3) is 0 Å². The first-order valence-electron chi connectivity index (χ1n) is 3.52. The van der Waals surface area contributed by atoms with Gasteiger partial charge in [-0.15, -0.1) is 0 Å². The minimum atomic E-state index is -0.939. The Morgan fingerprint density at radius 1 is 1.67 bits per heavy atom. The molecule has 62 valence electrons. The molecule has 0 bridgehead atoms. The summed E-state index contributed by atoms with van der Waals surface area (Å²) in [6, 6.07) is 1.77. The molecule has 0 aliphatic rings. The number of aliphatic carboxylic acids is 1. The smallest absolute Gasteiger partial charge is 0.328 e. The van der Waals surface area contributed by atoms with Gasteiger partial charge in [0.1, 0.15) is 0 Å². The van der Waals surface area contributed by atoms with Gasteiger partial charge in [0.15, 0.2) is 0 Å². The Bertz CT molecular complexity index is 318. The number of rotatable bonds is 2. The van der Waals surface area contributed by atoms with Crippen LogP contribution in [0.5, 0.6) is 0 Å². The second-order valence-electron chi connectivity index (χ2n) is 2.40. The summed E-state index contributed by atoms with van der Waals surface area (Å²) < 4.78 is 0. The molecule has 0 saturated heterocycles. The summed E-state index contributed by atoms with van der Waals surface area (Å²) in [6.45, 7) is 1.88. The average molecular weight is 163 g/mol. The minimum absolute atomic E-state index is 0.882. The number of carboxylic acids is 1. The van der Waals surface area contributed by atoms with Gasteiger partial charge in [-0.2, -0.15) is 0 Å². The molecule has 1 rings (SSSR count). The number of carbonyl (C=O) groups is 1. The first-order chi connectivity index (χ1) is 5.70. The van der Waals surface area contributed by atoms with Crippen LogP contribution in [0.15, 0.2) is 24.5 Å². The highest BCUT2D eigenvalue weighted by Gasteiger charge is 1.92. The molecule has 0 saturated carbocycles. The largest absolute Gasteiger partial charge is 0.478 e. The molecule has 0 aliphatic carbocycles. The highest BCUT2D eigenvalue weighted by molar-refractivity contribution is 5.85. The van der Waals surface area contributed by atoms with Gasteiger partial charge in [0.05, 0.1) is 0 Å². The summed E-state index contributed by atoms with van der Waals surface area (Å²) in [5, 5.41) is 8.36. The van der Waals surface area contributed by atoms with Crippen LogP contribution in [0, 0.1) is 6.92 Å². The number of carboxylic acid groups (broad SMARTS) is 1. The van der Waals surface area contributed by atoms with Gasteiger partial charge in [-0.05, 0) is 30.2 Å². The number of pyridine rings is 1. The summed E-state index contributed by atoms with van der Waals surface area (Å²) in [4.78, 5) is 14.1. The van der Waals surface area contributed by atoms with E-state index in [1.165, 1.54) is 0 Å². The van der Waals surface area contributed by atoms with Crippen LogP contribution in [0.4, 0.5) is 0 Å². The van der Waals surface area contributed by atoms with Gasteiger partial charge in [-0.1, -0.05) is 0 Å². The Balaban J connectivity index is 2.89. The van der Waals surface area contributed by atoms with E-state index in [0.717, 1.165) is 17.2 Å². The van der Waals surface area contributed by atoms with Crippen LogP contribution >= 0.6 is 0 Å². The molecule has 0 radical (unpaired) electrons. The quantitative estimate of drug-likeness (QED) is 0.672. The number of nitrogens with zero attached hydrogens (tertiary/aromatic N) is 1. The van der Waals surface area contributed by atoms with Crippen molar-refractivity contribution in [1.82, 2.24) is 4.98 Å². The fraction of sp³-hybridized carbons (Fsp3) is 0.111. The molecule has 3 nitrogen and oxygen atoms in total. The van der Waals surface area contributed by atoms with Crippen molar-refractivity contribution in [2.24, 2.45) is 0 Å². The summed E-state index contributed by atoms with van der Waals surface area (Å²) in [7, 11) is 0. The molecule has 1 aromatic rings. The summed E-state index contributed by atoms with van der Waals surface area (Å²) in [5.41, 5.74) is 1.85. The molecular formula is C9H9NO2. The zero-order chi connectivity index (χ0) is 8.97. The number of hydrogen-bond acceptors (Lipinski definition) is 2. The lowest BCUT2D eigenvalue weighted by atomic mass is 10.1. The van der Waals surface area contributed by atoms with Crippen molar-refractivity contribution in [1.29, 1.82) is 0 Å². The third kappa shape index (κ3) is 2.20. The maximum atomic E-state index is 10.2. The predicted octanol–water partition coefficient (Wildman–Crippen LogP) is 1.49. The maximum absolute atomic E-state index is 10.2. The Morgan fingerprint density at radius 2 is 2.42 bits per heavy atom. The van der Waals surface area contributed by atoms with E-state index in [-0.39, 0.29) is 0 Å². The highest BCUT2D eigenvalue weighted by atomic mass is 16.4. The third-order valence-electron chi connectivity index (χ3n) is 1.47. The first-order valence-corrected chi connectivity index (χ1v) is 3.52. The second kappa shape index (κ2) is 3.67. The van der Waals surface area contributed by atoms with Crippen LogP contribution < -0.4 is 0 Å². The third-order valence-corrected chi connectivity index (χ3v) is 1.47. The Hall–Kier alpha value is -1.64. The van der Waals surface area contributed by atoms with Crippen LogP contribution in [-0.4, -0.2) is 16.1 Å². The standard InChI is InChI=1S/C9H9NO2/c1-7-6-10-5-4-8(7)2-3-9(11)12/h2-6H,1H3,(H,11,12). The van der Waals surface area contributed by atoms with E-state index in [2.05, 4.69) is 4.98 Å². The minimum Gasteiger partial charge on any atom is -0.478 e. The maximum Gasteiger partial charge on any atom is 0.328 e. The lowest BCUT2D eigenvalue weighted by Crippen LogP contribution is -1.87. The second-order valence-corrected chi connectivity index (χ2v) is 2.40. The van der Waals surface area contributed by atoms with Crippen molar-refractivity contribution < 1.29 is 9.90 Å². The topological polar surface area (TPSA) is 50.2 Å². The molecule has 0 aliphatic heterocycles. The van der Waals surface area contributed by atoms with Crippen LogP contribution in [0.25, 0.3) is 6.08 Å². The van der Waals surface area contributed by atoms with E-state index in [1.54, 1.807) is 24.5 Å². The fourth-order valence-electron chi connectivity index (χ4n) is 0.832. The molecule has 0 amide bonds. The summed E-state index contributed by atoms with van der Waals surface area (Å²) in [6.07, 6.45) is 6.00. The molecule has 0 unspecified atom stereocenters. The van der Waals surface area contributed by atoms with Crippen molar-refractivity contribution in [2.75, 3.05) is 0 Å². The lowest BCUT2D eigenvalue weighted by molar-refractivity contribution is -0.131. The Kier molecular flexibility index (Phi) is 2.58. The number of hydrogen-bond donors (Lipinski definition) is 1. The molecule has 3 heteroatoms. The van der Waals surface area contributed by atoms with Crippen LogP contribution in [0.3, 0.4) is 0 Å². The highest BCUT2D eigenvalue weighted by Crippen LogP contribution is 2.06. The molecule has 0 spiro atoms. The molecule has 0 fully saturated rings. The van der Waals surface area contributed by atoms with Crippen LogP contribution in [0.1, 0.15) is 11.1 Å². The van der Waals surface area contributed by atoms with E-state index in [9.17, 15) is 4.79 Å². The van der Waals surface area contributed by atoms with Crippen LogP contribution in [0.2, 0.25) is 0 Å². The monoisotopic (exact) mass is 163 g/mol. The molecule has 1 aromatic heterocycles. The van der Waals surface area contributed by atoms with E-state index < -0.39 is 5.97 Å². The van der Waals surface area contributed by atoms with E-state index in [0.29, 0.717) is 0 Å². The van der Waals surface area contributed by atoms with E-state index in [4.69, 9.17) is 5.11 Å². The molecule has 1 N–H and O–H groups in total. The average Bonchev–Trinajstić information content (AvgIpc) is 2.03. The van der Waals surface area contributed by atoms with Crippen molar-refractivity contribution >= 4 is 12.0 Å². The molecule has 12 heavy (non-hydrogen) atoms. The lowest BCUT2D eigenvalue weighted by Gasteiger charge is -1.95. The molecule has 0 aromatic carbocycles. The van der Waals surface area contributed by atoms with Gasteiger partial charge in [0, 0.05) is 18.5 Å². The van der Waals surface area contributed by atoms with Gasteiger partial charge in [-0.3, -0.25) is 4.98 Å². The molecule has 0 atom stereocenters. The SMILES string of the molecule is Cc1cnccc1C=CC(=O)O. The molecular weight excluding hydrogens is 154 g/mol. The van der Waals surface area contributed by atoms with Crippen molar-refractivity contribution in [3.8, 4) is 0 Å². The van der Waals surface area contributed by atoms with Crippen molar-refractivity contribution in [3.63, 3.8) is 0 Å². The number of aryl methyl sites for hydroxylation is 1. The fourth-order valence-corrected chi connectivity index (χ4v) is 0.832. The van der Waals surface area contributed by atoms with Gasteiger partial charge >= 0.3 is 5.97 Å². The number of aromatic nitrogens is 1. The predicted molar refractivity (Wildman–Crippen MR) is 45.6 cm³/mol. The van der Waals surface area contributed by atoms with Crippen molar-refractivity contribution in [3.05, 3.63) is 35.7 Å². The summed E-state index contributed by atoms with van der Waals surface area (Å²) in [5.74, 6) is -0.939. The summed E-state index contributed by atoms with van der Waals surface area (Å²) >= 11 is 0. The normalized spacial score (nSPS) is 10.4. The Labute approximate surface area is 70.4 Å². The first kappa shape index (κ1) is 8.46. The van der Waals surface area contributed by atoms with E-state index >= 15 is 0 Å². The zero-order valence-corrected chi connectivity index (χ0v) is 6.69. The van der Waals surface area contributed by atoms with Crippen LogP contribution in [-0.2, 0) is 4.79 Å². The van der Waals surface area contributed by atoms with Gasteiger partial charge in [-0.25, -0.2) is 4.79 Å². The van der Waals surface area contributed by atoms with Gasteiger partial charge < -0.3 is 5.11 Å². The van der Waals surface area contributed by atoms with Crippen molar-refractivity contribution in [2.45, 2.75) is 6.92 Å². The zero-order valence-electron chi connectivity index (χ0n) is 6.69.